The van der Waals surface area contributed by atoms with E-state index in [0.717, 1.165) is 10.1 Å². The van der Waals surface area contributed by atoms with Crippen molar-refractivity contribution in [3.63, 3.8) is 0 Å². The van der Waals surface area contributed by atoms with Gasteiger partial charge in [-0.25, -0.2) is 4.98 Å². The highest BCUT2D eigenvalue weighted by Gasteiger charge is 2.06. The molecule has 0 amide bonds. The van der Waals surface area contributed by atoms with Gasteiger partial charge >= 0.3 is 0 Å². The van der Waals surface area contributed by atoms with Gasteiger partial charge in [0.05, 0.1) is 12.7 Å². The standard InChI is InChI=1S/C12H13N3OS/c1-13-11-8-15-12(17-11)14-7-10(16)9-5-3-2-4-6-9/h2-6,8,13H,7H2,1H3,(H,14,15). The van der Waals surface area contributed by atoms with Gasteiger partial charge in [0.1, 0.15) is 5.00 Å². The molecule has 0 atom stereocenters. The van der Waals surface area contributed by atoms with Crippen molar-refractivity contribution in [3.05, 3.63) is 42.1 Å². The molecule has 5 heteroatoms. The van der Waals surface area contributed by atoms with Crippen LogP contribution in [0, 0.1) is 0 Å². The van der Waals surface area contributed by atoms with E-state index >= 15 is 0 Å². The third-order valence-electron chi connectivity index (χ3n) is 2.25. The Morgan fingerprint density at radius 2 is 2.12 bits per heavy atom. The molecule has 0 aliphatic heterocycles. The molecule has 0 aliphatic carbocycles. The van der Waals surface area contributed by atoms with Crippen LogP contribution >= 0.6 is 11.3 Å². The zero-order chi connectivity index (χ0) is 12.1. The topological polar surface area (TPSA) is 54.0 Å². The number of hydrogen-bond acceptors (Lipinski definition) is 5. The van der Waals surface area contributed by atoms with Crippen molar-refractivity contribution < 1.29 is 4.79 Å². The zero-order valence-electron chi connectivity index (χ0n) is 9.43. The lowest BCUT2D eigenvalue weighted by atomic mass is 10.1. The lowest BCUT2D eigenvalue weighted by Crippen LogP contribution is -2.13. The van der Waals surface area contributed by atoms with Crippen LogP contribution in [0.15, 0.2) is 36.5 Å². The number of thiazole rings is 1. The second-order valence-corrected chi connectivity index (χ2v) is 4.45. The van der Waals surface area contributed by atoms with Gasteiger partial charge in [-0.15, -0.1) is 0 Å². The maximum absolute atomic E-state index is 11.8. The number of aromatic nitrogens is 1. The molecule has 0 radical (unpaired) electrons. The van der Waals surface area contributed by atoms with Crippen LogP contribution in [-0.2, 0) is 0 Å². The van der Waals surface area contributed by atoms with Crippen molar-refractivity contribution in [2.75, 3.05) is 24.2 Å². The smallest absolute Gasteiger partial charge is 0.184 e. The van der Waals surface area contributed by atoms with Crippen LogP contribution in [0.1, 0.15) is 10.4 Å². The van der Waals surface area contributed by atoms with E-state index in [2.05, 4.69) is 15.6 Å². The number of carbonyl (C=O) groups is 1. The van der Waals surface area contributed by atoms with Gasteiger partial charge in [-0.2, -0.15) is 0 Å². The molecule has 1 aromatic heterocycles. The molecule has 0 aliphatic rings. The highest BCUT2D eigenvalue weighted by Crippen LogP contribution is 2.22. The van der Waals surface area contributed by atoms with Crippen LogP contribution < -0.4 is 10.6 Å². The average molecular weight is 247 g/mol. The molecule has 1 aromatic carbocycles. The number of anilines is 2. The van der Waals surface area contributed by atoms with Crippen molar-refractivity contribution in [2.45, 2.75) is 0 Å². The van der Waals surface area contributed by atoms with E-state index in [9.17, 15) is 4.79 Å². The van der Waals surface area contributed by atoms with E-state index in [0.29, 0.717) is 5.56 Å². The predicted octanol–water partition coefficient (Wildman–Crippen LogP) is 2.48. The predicted molar refractivity (Wildman–Crippen MR) is 70.9 cm³/mol. The van der Waals surface area contributed by atoms with Crippen molar-refractivity contribution >= 4 is 27.3 Å². The molecule has 2 rings (SSSR count). The Balaban J connectivity index is 1.92. The molecule has 17 heavy (non-hydrogen) atoms. The maximum Gasteiger partial charge on any atom is 0.184 e. The van der Waals surface area contributed by atoms with Gasteiger partial charge in [0, 0.05) is 12.6 Å². The number of Topliss-reactive ketones (excluding diaryl/α,β-unsaturated/α-hetero) is 1. The minimum absolute atomic E-state index is 0.0619. The second-order valence-electron chi connectivity index (χ2n) is 3.42. The quantitative estimate of drug-likeness (QED) is 0.797. The molecule has 2 N–H and O–H groups in total. The number of ketones is 1. The van der Waals surface area contributed by atoms with Crippen molar-refractivity contribution in [3.8, 4) is 0 Å². The Bertz CT molecular complexity index is 495. The Morgan fingerprint density at radius 3 is 2.76 bits per heavy atom. The summed E-state index contributed by atoms with van der Waals surface area (Å²) < 4.78 is 0. The Labute approximate surface area is 104 Å². The van der Waals surface area contributed by atoms with Crippen LogP contribution in [0.4, 0.5) is 10.1 Å². The molecule has 0 unspecified atom stereocenters. The molecule has 0 spiro atoms. The first-order chi connectivity index (χ1) is 8.29. The summed E-state index contributed by atoms with van der Waals surface area (Å²) in [6.07, 6.45) is 1.74. The summed E-state index contributed by atoms with van der Waals surface area (Å²) in [6, 6.07) is 9.23. The molecule has 0 fully saturated rings. The van der Waals surface area contributed by atoms with Crippen LogP contribution in [-0.4, -0.2) is 24.4 Å². The monoisotopic (exact) mass is 247 g/mol. The summed E-state index contributed by atoms with van der Waals surface area (Å²) >= 11 is 1.48. The second kappa shape index (κ2) is 5.45. The summed E-state index contributed by atoms with van der Waals surface area (Å²) in [5, 5.41) is 7.73. The van der Waals surface area contributed by atoms with Gasteiger partial charge in [-0.05, 0) is 0 Å². The van der Waals surface area contributed by atoms with Gasteiger partial charge < -0.3 is 10.6 Å². The molecule has 0 saturated heterocycles. The minimum Gasteiger partial charge on any atom is -0.379 e. The normalized spacial score (nSPS) is 9.94. The maximum atomic E-state index is 11.8. The molecule has 0 saturated carbocycles. The van der Waals surface area contributed by atoms with E-state index < -0.39 is 0 Å². The zero-order valence-corrected chi connectivity index (χ0v) is 10.3. The van der Waals surface area contributed by atoms with Gasteiger partial charge in [0.25, 0.3) is 0 Å². The van der Waals surface area contributed by atoms with E-state index in [-0.39, 0.29) is 12.3 Å². The van der Waals surface area contributed by atoms with Crippen molar-refractivity contribution in [1.29, 1.82) is 0 Å². The Hall–Kier alpha value is -1.88. The van der Waals surface area contributed by atoms with Crippen LogP contribution in [0.2, 0.25) is 0 Å². The molecule has 88 valence electrons. The molecular weight excluding hydrogens is 234 g/mol. The lowest BCUT2D eigenvalue weighted by molar-refractivity contribution is 0.101. The van der Waals surface area contributed by atoms with Gasteiger partial charge in [-0.3, -0.25) is 4.79 Å². The number of hydrogen-bond donors (Lipinski definition) is 2. The Kier molecular flexibility index (Phi) is 3.72. The summed E-state index contributed by atoms with van der Waals surface area (Å²) in [5.41, 5.74) is 0.713. The Morgan fingerprint density at radius 1 is 1.35 bits per heavy atom. The van der Waals surface area contributed by atoms with Crippen LogP contribution in [0.5, 0.6) is 0 Å². The summed E-state index contributed by atoms with van der Waals surface area (Å²) in [7, 11) is 1.84. The third kappa shape index (κ3) is 3.04. The first kappa shape index (κ1) is 11.6. The highest BCUT2D eigenvalue weighted by molar-refractivity contribution is 7.19. The summed E-state index contributed by atoms with van der Waals surface area (Å²) in [6.45, 7) is 0.265. The molecule has 4 nitrogen and oxygen atoms in total. The van der Waals surface area contributed by atoms with E-state index in [1.807, 2.05) is 37.4 Å². The molecule has 0 bridgehead atoms. The summed E-state index contributed by atoms with van der Waals surface area (Å²) in [5.74, 6) is 0.0619. The van der Waals surface area contributed by atoms with Crippen LogP contribution in [0.3, 0.4) is 0 Å². The first-order valence-corrected chi connectivity index (χ1v) is 6.07. The fraction of sp³-hybridized carbons (Fsp3) is 0.167. The van der Waals surface area contributed by atoms with E-state index in [1.54, 1.807) is 6.20 Å². The minimum atomic E-state index is 0.0619. The number of carbonyl (C=O) groups excluding carboxylic acids is 1. The van der Waals surface area contributed by atoms with Gasteiger partial charge in [0.15, 0.2) is 10.9 Å². The van der Waals surface area contributed by atoms with Gasteiger partial charge in [0.2, 0.25) is 0 Å². The van der Waals surface area contributed by atoms with Crippen molar-refractivity contribution in [2.24, 2.45) is 0 Å². The van der Waals surface area contributed by atoms with Crippen LogP contribution in [0.25, 0.3) is 0 Å². The van der Waals surface area contributed by atoms with E-state index in [1.165, 1.54) is 11.3 Å². The number of nitrogens with zero attached hydrogens (tertiary/aromatic N) is 1. The van der Waals surface area contributed by atoms with Gasteiger partial charge in [-0.1, -0.05) is 41.7 Å². The molecular formula is C12H13N3OS. The molecule has 1 heterocycles. The fourth-order valence-corrected chi connectivity index (χ4v) is 2.02. The molecule has 2 aromatic rings. The largest absolute Gasteiger partial charge is 0.379 e. The highest BCUT2D eigenvalue weighted by atomic mass is 32.1. The SMILES string of the molecule is CNc1cnc(NCC(=O)c2ccccc2)s1. The summed E-state index contributed by atoms with van der Waals surface area (Å²) in [4.78, 5) is 15.9. The van der Waals surface area contributed by atoms with Crippen molar-refractivity contribution in [1.82, 2.24) is 4.98 Å². The third-order valence-corrected chi connectivity index (χ3v) is 3.22. The number of nitrogens with one attached hydrogen (secondary N) is 2. The number of rotatable bonds is 5. The first-order valence-electron chi connectivity index (χ1n) is 5.25. The average Bonchev–Trinajstić information content (AvgIpc) is 2.85. The number of benzene rings is 1. The lowest BCUT2D eigenvalue weighted by Gasteiger charge is -2.01. The fourth-order valence-electron chi connectivity index (χ4n) is 1.35. The van der Waals surface area contributed by atoms with E-state index in [4.69, 9.17) is 0 Å².